The van der Waals surface area contributed by atoms with Gasteiger partial charge in [0.15, 0.2) is 0 Å². The molecule has 0 aliphatic heterocycles. The van der Waals surface area contributed by atoms with Crippen LogP contribution < -0.4 is 4.72 Å². The van der Waals surface area contributed by atoms with Crippen LogP contribution in [0.2, 0.25) is 0 Å². The smallest absolute Gasteiger partial charge is 0.241 e. The first-order chi connectivity index (χ1) is 9.81. The van der Waals surface area contributed by atoms with Crippen molar-refractivity contribution in [1.29, 1.82) is 0 Å². The zero-order valence-corrected chi connectivity index (χ0v) is 12.9. The molecule has 0 aliphatic rings. The third-order valence-corrected chi connectivity index (χ3v) is 5.00. The largest absolute Gasteiger partial charge is 0.260 e. The van der Waals surface area contributed by atoms with E-state index in [0.29, 0.717) is 16.8 Å². The van der Waals surface area contributed by atoms with E-state index in [2.05, 4.69) is 9.71 Å². The summed E-state index contributed by atoms with van der Waals surface area (Å²) in [4.78, 5) is 4.25. The van der Waals surface area contributed by atoms with Gasteiger partial charge in [0.05, 0.1) is 16.6 Å². The van der Waals surface area contributed by atoms with Crippen molar-refractivity contribution < 1.29 is 12.8 Å². The molecule has 0 spiro atoms. The Labute approximate surface area is 124 Å². The summed E-state index contributed by atoms with van der Waals surface area (Å²) in [5, 5.41) is 0. The molecule has 0 bridgehead atoms. The van der Waals surface area contributed by atoms with Gasteiger partial charge < -0.3 is 0 Å². The van der Waals surface area contributed by atoms with E-state index in [1.807, 2.05) is 0 Å². The van der Waals surface area contributed by atoms with Crippen molar-refractivity contribution in [1.82, 2.24) is 9.71 Å². The van der Waals surface area contributed by atoms with Crippen molar-refractivity contribution in [2.45, 2.75) is 31.7 Å². The minimum Gasteiger partial charge on any atom is -0.260 e. The van der Waals surface area contributed by atoms with Crippen LogP contribution >= 0.6 is 0 Å². The summed E-state index contributed by atoms with van der Waals surface area (Å²) in [6, 6.07) is 7.26. The summed E-state index contributed by atoms with van der Waals surface area (Å²) in [6.45, 7) is 4.88. The van der Waals surface area contributed by atoms with Gasteiger partial charge in [0.2, 0.25) is 10.0 Å². The second-order valence-corrected chi connectivity index (χ2v) is 6.62. The molecule has 1 aromatic heterocycles. The van der Waals surface area contributed by atoms with E-state index >= 15 is 0 Å². The zero-order chi connectivity index (χ0) is 15.6. The Hall–Kier alpha value is -1.79. The molecule has 2 aromatic rings. The number of nitrogens with one attached hydrogen (secondary N) is 1. The second kappa shape index (κ2) is 5.91. The normalized spacial score (nSPS) is 13.1. The lowest BCUT2D eigenvalue weighted by Gasteiger charge is -2.16. The molecule has 4 nitrogen and oxygen atoms in total. The van der Waals surface area contributed by atoms with Crippen molar-refractivity contribution in [3.63, 3.8) is 0 Å². The van der Waals surface area contributed by atoms with Crippen LogP contribution in [0.3, 0.4) is 0 Å². The number of hydrogen-bond donors (Lipinski definition) is 1. The van der Waals surface area contributed by atoms with E-state index in [9.17, 15) is 12.8 Å². The third kappa shape index (κ3) is 3.46. The molecule has 1 atom stereocenters. The maximum atomic E-state index is 13.3. The van der Waals surface area contributed by atoms with Crippen LogP contribution in [0, 0.1) is 19.7 Å². The molecule has 0 amide bonds. The molecule has 6 heteroatoms. The van der Waals surface area contributed by atoms with Crippen LogP contribution in [0.1, 0.15) is 29.8 Å². The van der Waals surface area contributed by atoms with Crippen LogP contribution in [-0.2, 0) is 10.0 Å². The fourth-order valence-corrected chi connectivity index (χ4v) is 3.98. The molecule has 2 rings (SSSR count). The average Bonchev–Trinajstić information content (AvgIpc) is 2.37. The van der Waals surface area contributed by atoms with Crippen LogP contribution in [0.4, 0.5) is 4.39 Å². The summed E-state index contributed by atoms with van der Waals surface area (Å²) in [7, 11) is -3.74. The van der Waals surface area contributed by atoms with Gasteiger partial charge in [0.1, 0.15) is 5.82 Å². The van der Waals surface area contributed by atoms with Crippen molar-refractivity contribution in [2.75, 3.05) is 0 Å². The summed E-state index contributed by atoms with van der Waals surface area (Å²) in [5.41, 5.74) is 1.39. The standard InChI is InChI=1S/C15H17FN2O2S/c1-10-8-13(16)9-11(2)15(10)21(19,20)18-12(3)14-6-4-5-7-17-14/h4-9,12,18H,1-3H3. The van der Waals surface area contributed by atoms with Gasteiger partial charge in [-0.1, -0.05) is 6.07 Å². The van der Waals surface area contributed by atoms with E-state index in [1.165, 1.54) is 12.1 Å². The number of rotatable bonds is 4. The second-order valence-electron chi connectivity index (χ2n) is 4.97. The number of halogens is 1. The number of benzene rings is 1. The summed E-state index contributed by atoms with van der Waals surface area (Å²) < 4.78 is 40.9. The maximum Gasteiger partial charge on any atom is 0.241 e. The van der Waals surface area contributed by atoms with Gasteiger partial charge in [-0.3, -0.25) is 4.98 Å². The highest BCUT2D eigenvalue weighted by Gasteiger charge is 2.23. The highest BCUT2D eigenvalue weighted by Crippen LogP contribution is 2.23. The van der Waals surface area contributed by atoms with E-state index in [4.69, 9.17) is 0 Å². The van der Waals surface area contributed by atoms with Crippen molar-refractivity contribution in [3.8, 4) is 0 Å². The van der Waals surface area contributed by atoms with Crippen LogP contribution in [0.5, 0.6) is 0 Å². The average molecular weight is 308 g/mol. The number of aryl methyl sites for hydroxylation is 2. The van der Waals surface area contributed by atoms with Gasteiger partial charge in [0.25, 0.3) is 0 Å². The van der Waals surface area contributed by atoms with Gasteiger partial charge in [-0.15, -0.1) is 0 Å². The summed E-state index contributed by atoms with van der Waals surface area (Å²) >= 11 is 0. The molecule has 1 unspecified atom stereocenters. The predicted octanol–water partition coefficient (Wildman–Crippen LogP) is 2.88. The molecular weight excluding hydrogens is 291 g/mol. The minimum absolute atomic E-state index is 0.117. The number of hydrogen-bond acceptors (Lipinski definition) is 3. The molecule has 1 heterocycles. The topological polar surface area (TPSA) is 59.1 Å². The van der Waals surface area contributed by atoms with Crippen LogP contribution in [-0.4, -0.2) is 13.4 Å². The number of pyridine rings is 1. The predicted molar refractivity (Wildman–Crippen MR) is 78.8 cm³/mol. The Kier molecular flexibility index (Phi) is 4.39. The Morgan fingerprint density at radius 1 is 1.19 bits per heavy atom. The number of nitrogens with zero attached hydrogens (tertiary/aromatic N) is 1. The van der Waals surface area contributed by atoms with Crippen molar-refractivity contribution >= 4 is 10.0 Å². The Balaban J connectivity index is 2.36. The fraction of sp³-hybridized carbons (Fsp3) is 0.267. The lowest BCUT2D eigenvalue weighted by atomic mass is 10.1. The molecule has 0 saturated heterocycles. The Bertz CT molecular complexity index is 723. The quantitative estimate of drug-likeness (QED) is 0.945. The molecule has 1 N–H and O–H groups in total. The third-order valence-electron chi connectivity index (χ3n) is 3.16. The molecule has 1 aromatic carbocycles. The highest BCUT2D eigenvalue weighted by atomic mass is 32.2. The van der Waals surface area contributed by atoms with Gasteiger partial charge in [-0.05, 0) is 56.2 Å². The molecule has 0 radical (unpaired) electrons. The highest BCUT2D eigenvalue weighted by molar-refractivity contribution is 7.89. The fourth-order valence-electron chi connectivity index (χ4n) is 2.31. The molecule has 0 saturated carbocycles. The molecular formula is C15H17FN2O2S. The lowest BCUT2D eigenvalue weighted by molar-refractivity contribution is 0.561. The molecule has 0 aliphatic carbocycles. The Morgan fingerprint density at radius 2 is 1.81 bits per heavy atom. The van der Waals surface area contributed by atoms with Gasteiger partial charge in [-0.25, -0.2) is 17.5 Å². The lowest BCUT2D eigenvalue weighted by Crippen LogP contribution is -2.28. The van der Waals surface area contributed by atoms with E-state index in [-0.39, 0.29) is 4.90 Å². The summed E-state index contributed by atoms with van der Waals surface area (Å²) in [5.74, 6) is -0.443. The molecule has 112 valence electrons. The van der Waals surface area contributed by atoms with Crippen molar-refractivity contribution in [3.05, 3.63) is 59.2 Å². The number of aromatic nitrogens is 1. The number of sulfonamides is 1. The Morgan fingerprint density at radius 3 is 2.33 bits per heavy atom. The van der Waals surface area contributed by atoms with Crippen LogP contribution in [0.15, 0.2) is 41.4 Å². The first-order valence-electron chi connectivity index (χ1n) is 6.51. The first-order valence-corrected chi connectivity index (χ1v) is 7.99. The van der Waals surface area contributed by atoms with Gasteiger partial charge >= 0.3 is 0 Å². The minimum atomic E-state index is -3.74. The van der Waals surface area contributed by atoms with Gasteiger partial charge in [0, 0.05) is 6.20 Å². The van der Waals surface area contributed by atoms with Crippen LogP contribution in [0.25, 0.3) is 0 Å². The first kappa shape index (κ1) is 15.6. The van der Waals surface area contributed by atoms with E-state index in [0.717, 1.165) is 0 Å². The SMILES string of the molecule is Cc1cc(F)cc(C)c1S(=O)(=O)NC(C)c1ccccn1. The van der Waals surface area contributed by atoms with E-state index in [1.54, 1.807) is 45.2 Å². The van der Waals surface area contributed by atoms with Gasteiger partial charge in [-0.2, -0.15) is 0 Å². The monoisotopic (exact) mass is 308 g/mol. The maximum absolute atomic E-state index is 13.3. The van der Waals surface area contributed by atoms with E-state index < -0.39 is 21.9 Å². The summed E-state index contributed by atoms with van der Waals surface area (Å²) in [6.07, 6.45) is 1.61. The molecule has 0 fully saturated rings. The zero-order valence-electron chi connectivity index (χ0n) is 12.1. The molecule has 21 heavy (non-hydrogen) atoms. The van der Waals surface area contributed by atoms with Crippen molar-refractivity contribution in [2.24, 2.45) is 0 Å².